The first-order valence-corrected chi connectivity index (χ1v) is 6.37. The Morgan fingerprint density at radius 3 is 2.00 bits per heavy atom. The molecular weight excluding hydrogens is 319 g/mol. The van der Waals surface area contributed by atoms with Gasteiger partial charge in [-0.05, 0) is 24.3 Å². The van der Waals surface area contributed by atoms with Gasteiger partial charge >= 0.3 is 5.97 Å². The van der Waals surface area contributed by atoms with Gasteiger partial charge in [0.05, 0.1) is 21.2 Å². The summed E-state index contributed by atoms with van der Waals surface area (Å²) in [4.78, 5) is 23.4. The molecule has 5 nitrogen and oxygen atoms in total. The van der Waals surface area contributed by atoms with Gasteiger partial charge in [-0.15, -0.1) is 0 Å². The van der Waals surface area contributed by atoms with Crippen molar-refractivity contribution >= 4 is 35.0 Å². The van der Waals surface area contributed by atoms with E-state index >= 15 is 0 Å². The van der Waals surface area contributed by atoms with Crippen LogP contribution in [0.2, 0.25) is 10.0 Å². The van der Waals surface area contributed by atoms with Gasteiger partial charge in [-0.3, -0.25) is 4.79 Å². The maximum atomic E-state index is 12.4. The van der Waals surface area contributed by atoms with Gasteiger partial charge in [0, 0.05) is 0 Å². The zero-order valence-corrected chi connectivity index (χ0v) is 11.8. The van der Waals surface area contributed by atoms with E-state index in [2.05, 4.69) is 0 Å². The predicted molar refractivity (Wildman–Crippen MR) is 76.6 cm³/mol. The summed E-state index contributed by atoms with van der Waals surface area (Å²) in [6.07, 6.45) is 0. The van der Waals surface area contributed by atoms with Crippen LogP contribution in [0, 0.1) is 0 Å². The third kappa shape index (κ3) is 2.66. The van der Waals surface area contributed by atoms with Crippen molar-refractivity contribution in [2.24, 2.45) is 0 Å². The Labute approximate surface area is 129 Å². The molecule has 0 saturated carbocycles. The number of rotatable bonds is 3. The summed E-state index contributed by atoms with van der Waals surface area (Å²) in [6.45, 7) is 0. The molecule has 2 aromatic rings. The van der Waals surface area contributed by atoms with E-state index in [1.165, 1.54) is 12.1 Å². The Morgan fingerprint density at radius 1 is 0.905 bits per heavy atom. The van der Waals surface area contributed by atoms with Gasteiger partial charge < -0.3 is 15.3 Å². The molecule has 2 rings (SSSR count). The van der Waals surface area contributed by atoms with Crippen LogP contribution >= 0.6 is 23.2 Å². The SMILES string of the molecule is O=C(c1ccc(O)c(C(=O)O)c1O)c1c(Cl)cccc1Cl. The molecule has 0 radical (unpaired) electrons. The summed E-state index contributed by atoms with van der Waals surface area (Å²) in [5, 5.41) is 28.4. The third-order valence-electron chi connectivity index (χ3n) is 2.80. The normalized spacial score (nSPS) is 10.4. The second kappa shape index (κ2) is 5.63. The molecule has 0 bridgehead atoms. The number of aromatic hydroxyl groups is 2. The van der Waals surface area contributed by atoms with Gasteiger partial charge in [-0.2, -0.15) is 0 Å². The van der Waals surface area contributed by atoms with Crippen LogP contribution in [0.5, 0.6) is 11.5 Å². The average Bonchev–Trinajstić information content (AvgIpc) is 2.37. The predicted octanol–water partition coefficient (Wildman–Crippen LogP) is 3.33. The highest BCUT2D eigenvalue weighted by molar-refractivity contribution is 6.41. The molecule has 21 heavy (non-hydrogen) atoms. The number of hydrogen-bond donors (Lipinski definition) is 3. The number of ketones is 1. The smallest absolute Gasteiger partial charge is 0.343 e. The molecule has 3 N–H and O–H groups in total. The van der Waals surface area contributed by atoms with Gasteiger partial charge in [0.2, 0.25) is 0 Å². The molecule has 0 heterocycles. The zero-order valence-electron chi connectivity index (χ0n) is 10.3. The summed E-state index contributed by atoms with van der Waals surface area (Å²) in [7, 11) is 0. The van der Waals surface area contributed by atoms with Crippen LogP contribution in [0.1, 0.15) is 26.3 Å². The highest BCUT2D eigenvalue weighted by Gasteiger charge is 2.25. The van der Waals surface area contributed by atoms with Crippen molar-refractivity contribution in [1.29, 1.82) is 0 Å². The summed E-state index contributed by atoms with van der Waals surface area (Å²) < 4.78 is 0. The number of carbonyl (C=O) groups excluding carboxylic acids is 1. The van der Waals surface area contributed by atoms with Crippen molar-refractivity contribution in [2.75, 3.05) is 0 Å². The Hall–Kier alpha value is -2.24. The molecular formula is C14H8Cl2O5. The lowest BCUT2D eigenvalue weighted by molar-refractivity contribution is 0.0690. The monoisotopic (exact) mass is 326 g/mol. The lowest BCUT2D eigenvalue weighted by atomic mass is 9.99. The van der Waals surface area contributed by atoms with Crippen LogP contribution < -0.4 is 0 Å². The number of carboxylic acid groups (broad SMARTS) is 1. The fraction of sp³-hybridized carbons (Fsp3) is 0. The van der Waals surface area contributed by atoms with E-state index < -0.39 is 28.8 Å². The Balaban J connectivity index is 2.65. The minimum atomic E-state index is -1.56. The largest absolute Gasteiger partial charge is 0.507 e. The van der Waals surface area contributed by atoms with Crippen molar-refractivity contribution in [2.45, 2.75) is 0 Å². The first-order valence-electron chi connectivity index (χ1n) is 5.61. The maximum Gasteiger partial charge on any atom is 0.343 e. The molecule has 0 spiro atoms. The highest BCUT2D eigenvalue weighted by Crippen LogP contribution is 2.34. The van der Waals surface area contributed by atoms with Crippen molar-refractivity contribution in [1.82, 2.24) is 0 Å². The van der Waals surface area contributed by atoms with Crippen LogP contribution in [-0.4, -0.2) is 27.1 Å². The van der Waals surface area contributed by atoms with E-state index in [9.17, 15) is 19.8 Å². The molecule has 0 amide bonds. The molecule has 0 saturated heterocycles. The molecule has 0 unspecified atom stereocenters. The Bertz CT molecular complexity index is 735. The van der Waals surface area contributed by atoms with Crippen LogP contribution in [-0.2, 0) is 0 Å². The fourth-order valence-corrected chi connectivity index (χ4v) is 2.39. The first kappa shape index (κ1) is 15.2. The van der Waals surface area contributed by atoms with Gasteiger partial charge in [0.15, 0.2) is 5.78 Å². The minimum absolute atomic E-state index is 0.0573. The number of phenols is 2. The number of hydrogen-bond acceptors (Lipinski definition) is 4. The molecule has 0 aliphatic heterocycles. The highest BCUT2D eigenvalue weighted by atomic mass is 35.5. The lowest BCUT2D eigenvalue weighted by Gasteiger charge is -2.10. The van der Waals surface area contributed by atoms with Crippen molar-refractivity contribution in [3.8, 4) is 11.5 Å². The summed E-state index contributed by atoms with van der Waals surface area (Å²) in [6, 6.07) is 6.52. The topological polar surface area (TPSA) is 94.8 Å². The van der Waals surface area contributed by atoms with Gasteiger partial charge in [-0.1, -0.05) is 29.3 Å². The second-order valence-corrected chi connectivity index (χ2v) is 4.90. The summed E-state index contributed by atoms with van der Waals surface area (Å²) in [5.74, 6) is -3.80. The molecule has 108 valence electrons. The maximum absolute atomic E-state index is 12.4. The third-order valence-corrected chi connectivity index (χ3v) is 3.43. The van der Waals surface area contributed by atoms with E-state index in [1.54, 1.807) is 6.07 Å². The molecule has 0 fully saturated rings. The number of halogens is 2. The molecule has 0 aliphatic rings. The second-order valence-electron chi connectivity index (χ2n) is 4.09. The van der Waals surface area contributed by atoms with E-state index in [-0.39, 0.29) is 21.2 Å². The van der Waals surface area contributed by atoms with Crippen molar-refractivity contribution < 1.29 is 24.9 Å². The van der Waals surface area contributed by atoms with Crippen LogP contribution in [0.15, 0.2) is 30.3 Å². The van der Waals surface area contributed by atoms with Crippen LogP contribution in [0.4, 0.5) is 0 Å². The molecule has 2 aromatic carbocycles. The number of carbonyl (C=O) groups is 2. The standard InChI is InChI=1S/C14H8Cl2O5/c15-7-2-1-3-8(16)10(7)12(18)6-4-5-9(17)11(13(6)19)14(20)21/h1-5,17,19H,(H,20,21). The number of benzene rings is 2. The van der Waals surface area contributed by atoms with E-state index in [0.29, 0.717) is 0 Å². The molecule has 0 aromatic heterocycles. The van der Waals surface area contributed by atoms with E-state index in [0.717, 1.165) is 12.1 Å². The van der Waals surface area contributed by atoms with E-state index in [4.69, 9.17) is 28.3 Å². The zero-order chi connectivity index (χ0) is 15.7. The van der Waals surface area contributed by atoms with Crippen molar-refractivity contribution in [3.05, 3.63) is 57.1 Å². The molecule has 0 atom stereocenters. The van der Waals surface area contributed by atoms with Gasteiger partial charge in [0.1, 0.15) is 17.1 Å². The Morgan fingerprint density at radius 2 is 1.48 bits per heavy atom. The van der Waals surface area contributed by atoms with Gasteiger partial charge in [0.25, 0.3) is 0 Å². The number of aromatic carboxylic acids is 1. The van der Waals surface area contributed by atoms with E-state index in [1.807, 2.05) is 0 Å². The molecule has 0 aliphatic carbocycles. The average molecular weight is 327 g/mol. The van der Waals surface area contributed by atoms with Crippen LogP contribution in [0.25, 0.3) is 0 Å². The Kier molecular flexibility index (Phi) is 4.06. The minimum Gasteiger partial charge on any atom is -0.507 e. The summed E-state index contributed by atoms with van der Waals surface area (Å²) >= 11 is 11.8. The summed E-state index contributed by atoms with van der Waals surface area (Å²) in [5.41, 5.74) is -1.14. The molecule has 7 heteroatoms. The van der Waals surface area contributed by atoms with Gasteiger partial charge in [-0.25, -0.2) is 4.79 Å². The first-order chi connectivity index (χ1) is 9.84. The van der Waals surface area contributed by atoms with Crippen molar-refractivity contribution in [3.63, 3.8) is 0 Å². The van der Waals surface area contributed by atoms with Crippen LogP contribution in [0.3, 0.4) is 0 Å². The fourth-order valence-electron chi connectivity index (χ4n) is 1.82. The number of carboxylic acids is 1. The lowest BCUT2D eigenvalue weighted by Crippen LogP contribution is -2.07. The quantitative estimate of drug-likeness (QED) is 0.752.